The largest absolute Gasteiger partial charge is 0.456 e. The molecule has 456 valence electrons. The van der Waals surface area contributed by atoms with Crippen LogP contribution in [-0.2, 0) is 0 Å². The van der Waals surface area contributed by atoms with Crippen molar-refractivity contribution in [3.63, 3.8) is 0 Å². The standard InChI is InChI=1S/2C47H29NO/c1-2-11-30(12-3-1)31-21-23-33(24-22-31)44-36-15-6-8-17-38(36)45(39-18-9-7-16-37(39)44)34-25-27-42(48-29-34)40-19-10-20-41-46-35-14-5-4-13-32(35)26-28-43(46)49-47(40)41;1-2-10-30(11-3-1)31-18-20-33(21-19-31)45-37-14-6-8-16-39(37)46(40-17-9-7-15-38(40)45)35-23-26-42(48-29-35)34-22-25-41-44(28-34)49-43-27-24-32-12-4-5-13-36(32)47(41)43/h2*1-29H. The van der Waals surface area contributed by atoms with E-state index in [9.17, 15) is 0 Å². The first-order valence-electron chi connectivity index (χ1n) is 33.4. The second kappa shape index (κ2) is 23.5. The molecule has 20 aromatic rings. The summed E-state index contributed by atoms with van der Waals surface area (Å²) >= 11 is 0. The lowest BCUT2D eigenvalue weighted by Gasteiger charge is -2.18. The van der Waals surface area contributed by atoms with E-state index < -0.39 is 0 Å². The average Bonchev–Trinajstić information content (AvgIpc) is 1.14. The highest BCUT2D eigenvalue weighted by Gasteiger charge is 2.22. The first kappa shape index (κ1) is 56.5. The van der Waals surface area contributed by atoms with Crippen LogP contribution in [0, 0.1) is 0 Å². The number of pyridine rings is 2. The van der Waals surface area contributed by atoms with Crippen molar-refractivity contribution in [1.82, 2.24) is 9.97 Å². The maximum absolute atomic E-state index is 6.52. The summed E-state index contributed by atoms with van der Waals surface area (Å²) in [5.74, 6) is 0. The van der Waals surface area contributed by atoms with Crippen LogP contribution in [0.1, 0.15) is 0 Å². The SMILES string of the molecule is c1ccc(-c2ccc(-c3c4ccccc4c(-c4ccc(-c5ccc6c(c5)oc5ccc7ccccc7c56)nc4)c4ccccc34)cc2)cc1.c1ccc(-c2ccc(-c3c4ccccc4c(-c4ccc(-c5cccc6c5oc5ccc7ccccc7c56)nc4)c4ccccc34)cc2)cc1. The van der Waals surface area contributed by atoms with Crippen molar-refractivity contribution < 1.29 is 8.83 Å². The van der Waals surface area contributed by atoms with Crippen molar-refractivity contribution in [3.8, 4) is 89.3 Å². The van der Waals surface area contributed by atoms with Crippen LogP contribution in [0.4, 0.5) is 0 Å². The summed E-state index contributed by atoms with van der Waals surface area (Å²) in [6.45, 7) is 0. The van der Waals surface area contributed by atoms with Crippen LogP contribution in [0.3, 0.4) is 0 Å². The zero-order valence-corrected chi connectivity index (χ0v) is 53.2. The number of fused-ring (bicyclic) bond motifs is 14. The minimum atomic E-state index is 0.868. The molecule has 16 aromatic carbocycles. The number of hydrogen-bond donors (Lipinski definition) is 0. The van der Waals surface area contributed by atoms with Crippen LogP contribution in [0.15, 0.2) is 361 Å². The molecular weight excluding hydrogens is 1190 g/mol. The smallest absolute Gasteiger partial charge is 0.144 e. The van der Waals surface area contributed by atoms with Gasteiger partial charge < -0.3 is 8.83 Å². The molecule has 0 saturated carbocycles. The fraction of sp³-hybridized carbons (Fsp3) is 0. The summed E-state index contributed by atoms with van der Waals surface area (Å²) < 4.78 is 12.9. The van der Waals surface area contributed by atoms with Crippen LogP contribution in [0.5, 0.6) is 0 Å². The van der Waals surface area contributed by atoms with E-state index in [2.05, 4.69) is 340 Å². The highest BCUT2D eigenvalue weighted by molar-refractivity contribution is 6.24. The molecule has 0 atom stereocenters. The van der Waals surface area contributed by atoms with Crippen LogP contribution in [-0.4, -0.2) is 9.97 Å². The van der Waals surface area contributed by atoms with Gasteiger partial charge in [0.1, 0.15) is 22.3 Å². The van der Waals surface area contributed by atoms with E-state index in [4.69, 9.17) is 18.8 Å². The molecule has 0 radical (unpaired) electrons. The quantitative estimate of drug-likeness (QED) is 0.142. The van der Waals surface area contributed by atoms with Crippen LogP contribution in [0.2, 0.25) is 0 Å². The topological polar surface area (TPSA) is 52.1 Å². The van der Waals surface area contributed by atoms with E-state index in [0.29, 0.717) is 0 Å². The summed E-state index contributed by atoms with van der Waals surface area (Å²) in [6.07, 6.45) is 4.04. The summed E-state index contributed by atoms with van der Waals surface area (Å²) in [5.41, 5.74) is 21.8. The van der Waals surface area contributed by atoms with Gasteiger partial charge in [0, 0.05) is 56.2 Å². The number of para-hydroxylation sites is 1. The van der Waals surface area contributed by atoms with Crippen LogP contribution < -0.4 is 0 Å². The highest BCUT2D eigenvalue weighted by atomic mass is 16.3. The van der Waals surface area contributed by atoms with E-state index in [-0.39, 0.29) is 0 Å². The van der Waals surface area contributed by atoms with Gasteiger partial charge >= 0.3 is 0 Å². The lowest BCUT2D eigenvalue weighted by Crippen LogP contribution is -1.92. The number of benzene rings is 16. The Morgan fingerprint density at radius 1 is 0.194 bits per heavy atom. The summed E-state index contributed by atoms with van der Waals surface area (Å²) in [4.78, 5) is 10.1. The van der Waals surface area contributed by atoms with E-state index in [1.165, 1.54) is 120 Å². The molecule has 0 aliphatic rings. The molecule has 4 heteroatoms. The molecule has 0 spiro atoms. The van der Waals surface area contributed by atoms with Gasteiger partial charge in [-0.3, -0.25) is 9.97 Å². The van der Waals surface area contributed by atoms with E-state index >= 15 is 0 Å². The van der Waals surface area contributed by atoms with Gasteiger partial charge in [0.15, 0.2) is 0 Å². The van der Waals surface area contributed by atoms with Gasteiger partial charge in [0.2, 0.25) is 0 Å². The minimum Gasteiger partial charge on any atom is -0.456 e. The second-order valence-corrected chi connectivity index (χ2v) is 25.4. The van der Waals surface area contributed by atoms with Gasteiger partial charge in [-0.15, -0.1) is 0 Å². The molecule has 4 aromatic heterocycles. The predicted octanol–water partition coefficient (Wildman–Crippen LogP) is 26.2. The molecule has 98 heavy (non-hydrogen) atoms. The number of hydrogen-bond acceptors (Lipinski definition) is 4. The van der Waals surface area contributed by atoms with Gasteiger partial charge in [-0.2, -0.15) is 0 Å². The average molecular weight is 1250 g/mol. The summed E-state index contributed by atoms with van der Waals surface area (Å²) in [5, 5.41) is 19.2. The Labute approximate surface area is 565 Å². The molecule has 0 aliphatic heterocycles. The minimum absolute atomic E-state index is 0.868. The molecule has 0 amide bonds. The van der Waals surface area contributed by atoms with E-state index in [1.54, 1.807) is 0 Å². The fourth-order valence-electron chi connectivity index (χ4n) is 15.3. The van der Waals surface area contributed by atoms with Crippen molar-refractivity contribution in [2.45, 2.75) is 0 Å². The number of rotatable bonds is 8. The summed E-state index contributed by atoms with van der Waals surface area (Å²) in [7, 11) is 0. The third kappa shape index (κ3) is 9.52. The first-order valence-corrected chi connectivity index (χ1v) is 33.4. The molecule has 4 heterocycles. The molecule has 0 fully saturated rings. The predicted molar refractivity (Wildman–Crippen MR) is 412 cm³/mol. The Balaban J connectivity index is 0.000000137. The van der Waals surface area contributed by atoms with Gasteiger partial charge in [-0.05, 0) is 163 Å². The van der Waals surface area contributed by atoms with Crippen molar-refractivity contribution in [1.29, 1.82) is 0 Å². The maximum Gasteiger partial charge on any atom is 0.144 e. The molecule has 0 bridgehead atoms. The second-order valence-electron chi connectivity index (χ2n) is 25.4. The Morgan fingerprint density at radius 2 is 0.541 bits per heavy atom. The Morgan fingerprint density at radius 3 is 0.990 bits per heavy atom. The molecule has 0 unspecified atom stereocenters. The fourth-order valence-corrected chi connectivity index (χ4v) is 15.3. The molecule has 4 nitrogen and oxygen atoms in total. The van der Waals surface area contributed by atoms with Crippen LogP contribution in [0.25, 0.3) is 198 Å². The van der Waals surface area contributed by atoms with Crippen LogP contribution >= 0.6 is 0 Å². The lowest BCUT2D eigenvalue weighted by molar-refractivity contribution is 0.669. The van der Waals surface area contributed by atoms with Gasteiger partial charge in [-0.25, -0.2) is 0 Å². The van der Waals surface area contributed by atoms with Gasteiger partial charge in [0.25, 0.3) is 0 Å². The monoisotopic (exact) mass is 1250 g/mol. The van der Waals surface area contributed by atoms with E-state index in [1.807, 2.05) is 12.4 Å². The Kier molecular flexibility index (Phi) is 13.5. The van der Waals surface area contributed by atoms with Gasteiger partial charge in [-0.1, -0.05) is 297 Å². The number of nitrogens with zero attached hydrogens (tertiary/aromatic N) is 2. The highest BCUT2D eigenvalue weighted by Crippen LogP contribution is 2.48. The number of aromatic nitrogens is 2. The zero-order chi connectivity index (χ0) is 64.6. The molecule has 0 N–H and O–H groups in total. The Bertz CT molecular complexity index is 6370. The third-order valence-corrected chi connectivity index (χ3v) is 19.8. The van der Waals surface area contributed by atoms with Crippen molar-refractivity contribution in [2.24, 2.45) is 0 Å². The molecular formula is C94H58N2O2. The molecule has 0 aliphatic carbocycles. The zero-order valence-electron chi connectivity index (χ0n) is 53.2. The van der Waals surface area contributed by atoms with Gasteiger partial charge in [0.05, 0.1) is 11.4 Å². The molecule has 20 rings (SSSR count). The van der Waals surface area contributed by atoms with Crippen molar-refractivity contribution in [2.75, 3.05) is 0 Å². The number of furan rings is 2. The maximum atomic E-state index is 6.52. The lowest BCUT2D eigenvalue weighted by atomic mass is 9.86. The van der Waals surface area contributed by atoms with E-state index in [0.717, 1.165) is 77.5 Å². The van der Waals surface area contributed by atoms with Crippen molar-refractivity contribution in [3.05, 3.63) is 352 Å². The summed E-state index contributed by atoms with van der Waals surface area (Å²) in [6, 6.07) is 121. The third-order valence-electron chi connectivity index (χ3n) is 19.8. The van der Waals surface area contributed by atoms with Crippen molar-refractivity contribution >= 4 is 109 Å². The normalized spacial score (nSPS) is 11.7. The first-order chi connectivity index (χ1) is 48.6. The Hall–Kier alpha value is -13.0. The molecule has 0 saturated heterocycles.